The van der Waals surface area contributed by atoms with Crippen LogP contribution in [0, 0.1) is 29.1 Å². The topological polar surface area (TPSA) is 141 Å². The highest BCUT2D eigenvalue weighted by Crippen LogP contribution is 2.21. The van der Waals surface area contributed by atoms with Crippen LogP contribution in [-0.4, -0.2) is 45.1 Å². The first kappa shape index (κ1) is 21.4. The molecule has 1 saturated heterocycles. The first-order valence-electron chi connectivity index (χ1n) is 10.2. The number of ketones is 1. The van der Waals surface area contributed by atoms with Gasteiger partial charge in [-0.1, -0.05) is 13.8 Å². The number of nitrogens with zero attached hydrogens (tertiary/aromatic N) is 3. The average Bonchev–Trinajstić information content (AvgIpc) is 3.32. The van der Waals surface area contributed by atoms with E-state index in [-0.39, 0.29) is 48.1 Å². The Morgan fingerprint density at radius 2 is 2.20 bits per heavy atom. The lowest BCUT2D eigenvalue weighted by molar-refractivity contribution is -0.127. The number of amides is 2. The molecular weight excluding hydrogens is 384 g/mol. The van der Waals surface area contributed by atoms with Crippen LogP contribution in [0.4, 0.5) is 0 Å². The second kappa shape index (κ2) is 9.48. The molecule has 1 fully saturated rings. The number of hydrogen-bond acceptors (Lipinski definition) is 6. The largest absolute Gasteiger partial charge is 0.356 e. The number of carbonyl (C=O) groups is 3. The first-order chi connectivity index (χ1) is 14.4. The summed E-state index contributed by atoms with van der Waals surface area (Å²) >= 11 is 0. The number of aromatic nitrogens is 3. The lowest BCUT2D eigenvalue weighted by atomic mass is 9.90. The number of aromatic amines is 1. The van der Waals surface area contributed by atoms with Crippen molar-refractivity contribution >= 4 is 28.6 Å². The molecule has 0 saturated carbocycles. The molecule has 3 N–H and O–H groups in total. The number of hydrogen-bond donors (Lipinski definition) is 3. The Hall–Kier alpha value is -3.28. The maximum Gasteiger partial charge on any atom is 0.224 e. The average molecular weight is 410 g/mol. The third kappa shape index (κ3) is 5.20. The zero-order valence-corrected chi connectivity index (χ0v) is 17.1. The van der Waals surface area contributed by atoms with Gasteiger partial charge in [-0.25, -0.2) is 4.98 Å². The quantitative estimate of drug-likeness (QED) is 0.538. The Bertz CT molecular complexity index is 944. The number of pyridine rings is 1. The number of nitrogens with one attached hydrogen (secondary N) is 3. The molecule has 3 heterocycles. The molecule has 2 aromatic heterocycles. The van der Waals surface area contributed by atoms with Gasteiger partial charge in [0.15, 0.2) is 11.6 Å². The SMILES string of the molecule is CC(C)CC(CC(=O)c1nc2ccncc2[nH]1)C(=O)NC(C#N)CC1CCNC1=O. The van der Waals surface area contributed by atoms with Crippen molar-refractivity contribution in [3.8, 4) is 6.07 Å². The Balaban J connectivity index is 1.67. The molecule has 9 heteroatoms. The van der Waals surface area contributed by atoms with Crippen molar-refractivity contribution < 1.29 is 14.4 Å². The van der Waals surface area contributed by atoms with E-state index < -0.39 is 12.0 Å². The summed E-state index contributed by atoms with van der Waals surface area (Å²) in [5.74, 6) is -1.18. The summed E-state index contributed by atoms with van der Waals surface area (Å²) in [5.41, 5.74) is 1.29. The molecule has 2 amide bonds. The number of fused-ring (bicyclic) bond motifs is 1. The molecule has 9 nitrogen and oxygen atoms in total. The minimum absolute atomic E-state index is 0.0146. The lowest BCUT2D eigenvalue weighted by Gasteiger charge is -2.21. The van der Waals surface area contributed by atoms with Crippen molar-refractivity contribution in [2.24, 2.45) is 17.8 Å². The van der Waals surface area contributed by atoms with E-state index in [1.807, 2.05) is 13.8 Å². The Kier molecular flexibility index (Phi) is 6.77. The molecule has 0 radical (unpaired) electrons. The summed E-state index contributed by atoms with van der Waals surface area (Å²) < 4.78 is 0. The molecule has 0 bridgehead atoms. The van der Waals surface area contributed by atoms with Crippen LogP contribution < -0.4 is 10.6 Å². The molecule has 3 atom stereocenters. The predicted molar refractivity (Wildman–Crippen MR) is 109 cm³/mol. The van der Waals surface area contributed by atoms with Crippen LogP contribution in [0.1, 0.15) is 50.1 Å². The molecule has 1 aliphatic rings. The lowest BCUT2D eigenvalue weighted by Crippen LogP contribution is -2.41. The van der Waals surface area contributed by atoms with Gasteiger partial charge >= 0.3 is 0 Å². The van der Waals surface area contributed by atoms with E-state index in [9.17, 15) is 19.6 Å². The van der Waals surface area contributed by atoms with Crippen LogP contribution in [0.3, 0.4) is 0 Å². The molecule has 2 aromatic rings. The number of rotatable bonds is 9. The molecule has 3 unspecified atom stereocenters. The fourth-order valence-corrected chi connectivity index (χ4v) is 3.75. The van der Waals surface area contributed by atoms with Gasteiger partial charge in [0.25, 0.3) is 0 Å². The summed E-state index contributed by atoms with van der Waals surface area (Å²) in [5, 5.41) is 14.9. The van der Waals surface area contributed by atoms with Crippen LogP contribution in [0.25, 0.3) is 11.0 Å². The molecule has 30 heavy (non-hydrogen) atoms. The van der Waals surface area contributed by atoms with E-state index in [0.29, 0.717) is 30.4 Å². The van der Waals surface area contributed by atoms with Crippen LogP contribution >= 0.6 is 0 Å². The van der Waals surface area contributed by atoms with Gasteiger partial charge in [-0.15, -0.1) is 0 Å². The van der Waals surface area contributed by atoms with Crippen molar-refractivity contribution in [3.63, 3.8) is 0 Å². The summed E-state index contributed by atoms with van der Waals surface area (Å²) in [4.78, 5) is 48.7. The standard InChI is InChI=1S/C21H26N6O3/c1-12(2)7-14(9-18(28)19-26-16-4-5-23-11-17(16)27-19)21(30)25-15(10-22)8-13-3-6-24-20(13)29/h4-5,11-15H,3,6-9H2,1-2H3,(H,24,29)(H,25,30)(H,26,27). The number of Topliss-reactive ketones (excluding diaryl/α,β-unsaturated/α-hetero) is 1. The molecule has 0 spiro atoms. The second-order valence-electron chi connectivity index (χ2n) is 8.13. The van der Waals surface area contributed by atoms with E-state index in [1.165, 1.54) is 0 Å². The Labute approximate surface area is 174 Å². The van der Waals surface area contributed by atoms with Gasteiger partial charge in [0.2, 0.25) is 11.8 Å². The van der Waals surface area contributed by atoms with E-state index in [1.54, 1.807) is 18.5 Å². The van der Waals surface area contributed by atoms with Gasteiger partial charge in [0.1, 0.15) is 6.04 Å². The summed E-state index contributed by atoms with van der Waals surface area (Å²) in [7, 11) is 0. The van der Waals surface area contributed by atoms with Crippen molar-refractivity contribution in [1.29, 1.82) is 5.26 Å². The van der Waals surface area contributed by atoms with E-state index in [2.05, 4.69) is 31.7 Å². The van der Waals surface area contributed by atoms with Crippen LogP contribution in [0.15, 0.2) is 18.5 Å². The summed E-state index contributed by atoms with van der Waals surface area (Å²) in [6, 6.07) is 3.00. The number of carbonyl (C=O) groups excluding carboxylic acids is 3. The molecule has 0 aliphatic carbocycles. The fraction of sp³-hybridized carbons (Fsp3) is 0.524. The van der Waals surface area contributed by atoms with E-state index in [0.717, 1.165) is 0 Å². The van der Waals surface area contributed by atoms with Crippen LogP contribution in [0.2, 0.25) is 0 Å². The highest BCUT2D eigenvalue weighted by molar-refractivity contribution is 5.98. The second-order valence-corrected chi connectivity index (χ2v) is 8.13. The Morgan fingerprint density at radius 3 is 2.83 bits per heavy atom. The number of imidazole rings is 1. The molecule has 0 aromatic carbocycles. The number of nitriles is 1. The smallest absolute Gasteiger partial charge is 0.224 e. The van der Waals surface area contributed by atoms with Crippen molar-refractivity contribution in [3.05, 3.63) is 24.3 Å². The van der Waals surface area contributed by atoms with Gasteiger partial charge in [-0.3, -0.25) is 19.4 Å². The third-order valence-electron chi connectivity index (χ3n) is 5.26. The minimum Gasteiger partial charge on any atom is -0.356 e. The summed E-state index contributed by atoms with van der Waals surface area (Å²) in [6.07, 6.45) is 4.60. The van der Waals surface area contributed by atoms with Crippen LogP contribution in [0.5, 0.6) is 0 Å². The monoisotopic (exact) mass is 410 g/mol. The molecule has 1 aliphatic heterocycles. The zero-order valence-electron chi connectivity index (χ0n) is 17.1. The van der Waals surface area contributed by atoms with E-state index >= 15 is 0 Å². The van der Waals surface area contributed by atoms with Gasteiger partial charge in [-0.05, 0) is 31.2 Å². The third-order valence-corrected chi connectivity index (χ3v) is 5.26. The predicted octanol–water partition coefficient (Wildman–Crippen LogP) is 1.73. The van der Waals surface area contributed by atoms with Gasteiger partial charge < -0.3 is 15.6 Å². The minimum atomic E-state index is -0.770. The van der Waals surface area contributed by atoms with E-state index in [4.69, 9.17) is 0 Å². The van der Waals surface area contributed by atoms with Crippen molar-refractivity contribution in [1.82, 2.24) is 25.6 Å². The zero-order chi connectivity index (χ0) is 21.7. The normalized spacial score (nSPS) is 18.1. The van der Waals surface area contributed by atoms with Crippen molar-refractivity contribution in [2.45, 2.75) is 45.6 Å². The van der Waals surface area contributed by atoms with Gasteiger partial charge in [0, 0.05) is 31.0 Å². The van der Waals surface area contributed by atoms with Gasteiger partial charge in [-0.2, -0.15) is 5.26 Å². The highest BCUT2D eigenvalue weighted by Gasteiger charge is 2.30. The molecule has 158 valence electrons. The van der Waals surface area contributed by atoms with Crippen molar-refractivity contribution in [2.75, 3.05) is 6.54 Å². The highest BCUT2D eigenvalue weighted by atomic mass is 16.2. The molecule has 3 rings (SSSR count). The number of H-pyrrole nitrogens is 1. The Morgan fingerprint density at radius 1 is 1.40 bits per heavy atom. The fourth-order valence-electron chi connectivity index (χ4n) is 3.75. The first-order valence-corrected chi connectivity index (χ1v) is 10.2. The maximum absolute atomic E-state index is 12.9. The van der Waals surface area contributed by atoms with Crippen LogP contribution in [-0.2, 0) is 9.59 Å². The summed E-state index contributed by atoms with van der Waals surface area (Å²) in [6.45, 7) is 4.54. The van der Waals surface area contributed by atoms with Gasteiger partial charge in [0.05, 0.1) is 23.3 Å². The maximum atomic E-state index is 12.9. The molecular formula is C21H26N6O3.